The fraction of sp³-hybridized carbons (Fsp3) is 0.440. The summed E-state index contributed by atoms with van der Waals surface area (Å²) in [7, 11) is 1.54. The van der Waals surface area contributed by atoms with E-state index in [0.29, 0.717) is 53.7 Å². The van der Waals surface area contributed by atoms with Crippen LogP contribution >= 0.6 is 11.6 Å². The van der Waals surface area contributed by atoms with Crippen LogP contribution in [0.4, 0.5) is 15.9 Å². The molecule has 4 rings (SSSR count). The van der Waals surface area contributed by atoms with Gasteiger partial charge < -0.3 is 24.6 Å². The van der Waals surface area contributed by atoms with Crippen LogP contribution in [0.5, 0.6) is 11.5 Å². The van der Waals surface area contributed by atoms with E-state index >= 15 is 0 Å². The van der Waals surface area contributed by atoms with Crippen LogP contribution in [0, 0.1) is 5.82 Å². The van der Waals surface area contributed by atoms with Gasteiger partial charge in [-0.2, -0.15) is 0 Å². The number of halogens is 2. The maximum atomic E-state index is 13.5. The number of methoxy groups -OCH3 is 1. The number of rotatable bonds is 8. The first-order chi connectivity index (χ1) is 16.9. The largest absolute Gasteiger partial charge is 0.493 e. The normalized spacial score (nSPS) is 14.7. The second kappa shape index (κ2) is 13.4. The van der Waals surface area contributed by atoms with E-state index in [0.717, 1.165) is 13.1 Å². The van der Waals surface area contributed by atoms with Crippen LogP contribution in [0.15, 0.2) is 36.7 Å². The minimum Gasteiger partial charge on any atom is -0.493 e. The average Bonchev–Trinajstić information content (AvgIpc) is 2.86. The number of hydrogen-bond acceptors (Lipinski definition) is 8. The SMILES string of the molecule is CCC.COc1cc2ncnc(Nc3ccc(F)c(Cl)c3)c2cc1OCC(O)CN1CCOCC1. The topological polar surface area (TPSA) is 89.0 Å². The molecule has 3 aromatic rings. The van der Waals surface area contributed by atoms with E-state index in [1.165, 1.54) is 24.9 Å². The number of β-amino-alcohol motifs (C(OH)–C–C–N with tert-alkyl or cyclic N) is 1. The van der Waals surface area contributed by atoms with Gasteiger partial charge in [-0.25, -0.2) is 14.4 Å². The Hall–Kier alpha value is -2.72. The number of morpholine rings is 1. The van der Waals surface area contributed by atoms with Crippen LogP contribution in [0.25, 0.3) is 10.9 Å². The molecule has 10 heteroatoms. The number of hydrogen-bond donors (Lipinski definition) is 2. The van der Waals surface area contributed by atoms with Crippen molar-refractivity contribution in [1.82, 2.24) is 14.9 Å². The summed E-state index contributed by atoms with van der Waals surface area (Å²) in [6.45, 7) is 7.76. The minimum absolute atomic E-state index is 0.00769. The summed E-state index contributed by atoms with van der Waals surface area (Å²) in [5.41, 5.74) is 1.21. The van der Waals surface area contributed by atoms with E-state index in [1.807, 2.05) is 0 Å². The molecule has 2 heterocycles. The lowest BCUT2D eigenvalue weighted by Gasteiger charge is -2.28. The highest BCUT2D eigenvalue weighted by Gasteiger charge is 2.17. The van der Waals surface area contributed by atoms with Crippen LogP contribution in [0.2, 0.25) is 5.02 Å². The fourth-order valence-corrected chi connectivity index (χ4v) is 3.65. The second-order valence-corrected chi connectivity index (χ2v) is 8.49. The number of aliphatic hydroxyl groups is 1. The highest BCUT2D eigenvalue weighted by molar-refractivity contribution is 6.31. The number of fused-ring (bicyclic) bond motifs is 1. The fourth-order valence-electron chi connectivity index (χ4n) is 3.47. The Kier molecular flexibility index (Phi) is 10.3. The molecule has 0 spiro atoms. The Morgan fingerprint density at radius 1 is 1.17 bits per heavy atom. The van der Waals surface area contributed by atoms with Gasteiger partial charge in [0, 0.05) is 36.8 Å². The van der Waals surface area contributed by atoms with Crippen LogP contribution in [-0.2, 0) is 4.74 Å². The van der Waals surface area contributed by atoms with Gasteiger partial charge in [-0.15, -0.1) is 0 Å². The molecule has 1 fully saturated rings. The monoisotopic (exact) mass is 506 g/mol. The predicted octanol–water partition coefficient (Wildman–Crippen LogP) is 4.66. The van der Waals surface area contributed by atoms with E-state index < -0.39 is 11.9 Å². The Labute approximate surface area is 210 Å². The Balaban J connectivity index is 0.00000108. The zero-order valence-electron chi connectivity index (χ0n) is 20.3. The Morgan fingerprint density at radius 3 is 2.60 bits per heavy atom. The van der Waals surface area contributed by atoms with Gasteiger partial charge in [-0.05, 0) is 24.3 Å². The van der Waals surface area contributed by atoms with Crippen LogP contribution in [0.1, 0.15) is 20.3 Å². The molecule has 0 bridgehead atoms. The molecule has 0 amide bonds. The van der Waals surface area contributed by atoms with E-state index in [2.05, 4.69) is 34.0 Å². The van der Waals surface area contributed by atoms with E-state index in [9.17, 15) is 9.50 Å². The lowest BCUT2D eigenvalue weighted by molar-refractivity contribution is 0.00447. The zero-order chi connectivity index (χ0) is 25.2. The first-order valence-electron chi connectivity index (χ1n) is 11.6. The number of ether oxygens (including phenoxy) is 3. The van der Waals surface area contributed by atoms with Gasteiger partial charge in [0.15, 0.2) is 11.5 Å². The van der Waals surface area contributed by atoms with Crippen molar-refractivity contribution in [1.29, 1.82) is 0 Å². The first-order valence-corrected chi connectivity index (χ1v) is 12.0. The predicted molar refractivity (Wildman–Crippen MR) is 136 cm³/mol. The third-order valence-corrected chi connectivity index (χ3v) is 5.40. The van der Waals surface area contributed by atoms with Gasteiger partial charge in [0.05, 0.1) is 30.9 Å². The number of anilines is 2. The Morgan fingerprint density at radius 2 is 1.91 bits per heavy atom. The molecule has 1 aromatic heterocycles. The van der Waals surface area contributed by atoms with Crippen LogP contribution in [-0.4, -0.2) is 72.6 Å². The summed E-state index contributed by atoms with van der Waals surface area (Å²) in [4.78, 5) is 10.7. The molecule has 1 aliphatic heterocycles. The number of aromatic nitrogens is 2. The molecular weight excluding hydrogens is 475 g/mol. The molecule has 0 saturated carbocycles. The van der Waals surface area contributed by atoms with Crippen molar-refractivity contribution in [3.63, 3.8) is 0 Å². The van der Waals surface area contributed by atoms with Crippen molar-refractivity contribution in [2.24, 2.45) is 0 Å². The molecule has 1 aliphatic rings. The van der Waals surface area contributed by atoms with Crippen LogP contribution < -0.4 is 14.8 Å². The summed E-state index contributed by atoms with van der Waals surface area (Å²) in [6, 6.07) is 7.82. The molecule has 1 saturated heterocycles. The smallest absolute Gasteiger partial charge is 0.162 e. The minimum atomic E-state index is -0.667. The molecule has 1 atom stereocenters. The van der Waals surface area contributed by atoms with Crippen molar-refractivity contribution >= 4 is 34.0 Å². The van der Waals surface area contributed by atoms with Gasteiger partial charge in [0.2, 0.25) is 0 Å². The van der Waals surface area contributed by atoms with Gasteiger partial charge in [-0.1, -0.05) is 31.9 Å². The van der Waals surface area contributed by atoms with Gasteiger partial charge in [-0.3, -0.25) is 4.90 Å². The lowest BCUT2D eigenvalue weighted by Crippen LogP contribution is -2.42. The third kappa shape index (κ3) is 7.63. The van der Waals surface area contributed by atoms with Crippen LogP contribution in [0.3, 0.4) is 0 Å². The zero-order valence-corrected chi connectivity index (χ0v) is 21.0. The maximum absolute atomic E-state index is 13.5. The van der Waals surface area contributed by atoms with E-state index in [4.69, 9.17) is 25.8 Å². The first kappa shape index (κ1) is 26.9. The number of nitrogens with zero attached hydrogens (tertiary/aromatic N) is 3. The Bertz CT molecular complexity index is 1100. The quantitative estimate of drug-likeness (QED) is 0.456. The lowest BCUT2D eigenvalue weighted by atomic mass is 10.2. The van der Waals surface area contributed by atoms with Crippen molar-refractivity contribution in [2.75, 3.05) is 51.9 Å². The molecule has 2 aromatic carbocycles. The summed E-state index contributed by atoms with van der Waals surface area (Å²) in [5, 5.41) is 14.2. The van der Waals surface area contributed by atoms with Crippen molar-refractivity contribution in [3.05, 3.63) is 47.5 Å². The van der Waals surface area contributed by atoms with E-state index in [1.54, 1.807) is 25.3 Å². The molecular formula is C25H32ClFN4O4. The number of nitrogens with one attached hydrogen (secondary N) is 1. The van der Waals surface area contributed by atoms with Gasteiger partial charge >= 0.3 is 0 Å². The van der Waals surface area contributed by atoms with Gasteiger partial charge in [0.25, 0.3) is 0 Å². The second-order valence-electron chi connectivity index (χ2n) is 8.08. The molecule has 35 heavy (non-hydrogen) atoms. The molecule has 190 valence electrons. The number of aliphatic hydroxyl groups excluding tert-OH is 1. The van der Waals surface area contributed by atoms with E-state index in [-0.39, 0.29) is 11.6 Å². The summed E-state index contributed by atoms with van der Waals surface area (Å²) in [6.07, 6.45) is 2.00. The summed E-state index contributed by atoms with van der Waals surface area (Å²) in [5.74, 6) is 0.946. The maximum Gasteiger partial charge on any atom is 0.162 e. The molecule has 0 radical (unpaired) electrons. The summed E-state index contributed by atoms with van der Waals surface area (Å²) < 4.78 is 30.2. The standard InChI is InChI=1S/C22H24ClFN4O4.C3H8/c1-30-20-10-19-16(9-21(20)32-12-15(29)11-28-4-6-31-7-5-28)22(26-13-25-19)27-14-2-3-18(24)17(23)8-14;1-3-2/h2-3,8-10,13,15,29H,4-7,11-12H2,1H3,(H,25,26,27);3H2,1-2H3. The van der Waals surface area contributed by atoms with Crippen molar-refractivity contribution < 1.29 is 23.7 Å². The van der Waals surface area contributed by atoms with Crippen molar-refractivity contribution in [3.8, 4) is 11.5 Å². The highest BCUT2D eigenvalue weighted by atomic mass is 35.5. The molecule has 0 aliphatic carbocycles. The highest BCUT2D eigenvalue weighted by Crippen LogP contribution is 2.35. The summed E-state index contributed by atoms with van der Waals surface area (Å²) >= 11 is 5.89. The van der Waals surface area contributed by atoms with Gasteiger partial charge in [0.1, 0.15) is 30.7 Å². The van der Waals surface area contributed by atoms with Crippen molar-refractivity contribution in [2.45, 2.75) is 26.4 Å². The molecule has 8 nitrogen and oxygen atoms in total. The third-order valence-electron chi connectivity index (χ3n) is 5.11. The molecule has 1 unspecified atom stereocenters. The molecule has 2 N–H and O–H groups in total. The number of benzene rings is 2. The average molecular weight is 507 g/mol.